The number of nitrogens with two attached hydrogens (primary N) is 1. The number of hydrogen-bond donors (Lipinski definition) is 1. The van der Waals surface area contributed by atoms with Gasteiger partial charge in [-0.25, -0.2) is 0 Å². The van der Waals surface area contributed by atoms with Gasteiger partial charge < -0.3 is 4.57 Å². The van der Waals surface area contributed by atoms with Gasteiger partial charge in [0.25, 0.3) is 0 Å². The smallest absolute Gasteiger partial charge is 0.100 e. The topological polar surface area (TPSA) is 30.9 Å². The minimum absolute atomic E-state index is 0.111. The van der Waals surface area contributed by atoms with Gasteiger partial charge in [0.1, 0.15) is 4.60 Å². The first-order valence-corrected chi connectivity index (χ1v) is 12.6. The zero-order chi connectivity index (χ0) is 21.4. The van der Waals surface area contributed by atoms with E-state index in [2.05, 4.69) is 86.3 Å². The second kappa shape index (κ2) is 8.80. The normalized spacial score (nSPS) is 16.4. The van der Waals surface area contributed by atoms with Crippen LogP contribution in [0.5, 0.6) is 0 Å². The summed E-state index contributed by atoms with van der Waals surface area (Å²) in [6.07, 6.45) is 6.80. The Morgan fingerprint density at radius 1 is 0.931 bits per heavy atom. The van der Waals surface area contributed by atoms with E-state index in [1.807, 2.05) is 0 Å². The van der Waals surface area contributed by atoms with E-state index in [-0.39, 0.29) is 10.8 Å². The third-order valence-electron chi connectivity index (χ3n) is 6.25. The summed E-state index contributed by atoms with van der Waals surface area (Å²) in [5.41, 5.74) is 5.59. The molecule has 1 aromatic carbocycles. The highest BCUT2D eigenvalue weighted by atomic mass is 79.9. The Morgan fingerprint density at radius 3 is 1.97 bits per heavy atom. The van der Waals surface area contributed by atoms with E-state index >= 15 is 0 Å². The number of rotatable bonds is 4. The fraction of sp³-hybridized carbons (Fsp3) is 0.600. The third-order valence-corrected chi connectivity index (χ3v) is 7.94. The van der Waals surface area contributed by atoms with E-state index in [1.165, 1.54) is 66.4 Å². The molecule has 2 nitrogen and oxygen atoms in total. The van der Waals surface area contributed by atoms with E-state index < -0.39 is 0 Å². The average Bonchev–Trinajstić information content (AvgIpc) is 2.97. The van der Waals surface area contributed by atoms with Crippen molar-refractivity contribution in [1.82, 2.24) is 4.57 Å². The Kier molecular flexibility index (Phi) is 6.97. The molecule has 0 amide bonds. The van der Waals surface area contributed by atoms with Crippen LogP contribution in [0.1, 0.15) is 84.8 Å². The van der Waals surface area contributed by atoms with Gasteiger partial charge in [-0.1, -0.05) is 66.9 Å². The molecule has 1 aromatic heterocycles. The maximum absolute atomic E-state index is 6.02. The van der Waals surface area contributed by atoms with Gasteiger partial charge in [0.15, 0.2) is 0 Å². The van der Waals surface area contributed by atoms with E-state index in [4.69, 9.17) is 5.14 Å². The lowest BCUT2D eigenvalue weighted by Gasteiger charge is -2.27. The molecule has 3 rings (SSSR count). The van der Waals surface area contributed by atoms with Crippen molar-refractivity contribution in [3.05, 3.63) is 40.0 Å². The van der Waals surface area contributed by atoms with Crippen molar-refractivity contribution in [3.8, 4) is 11.3 Å². The van der Waals surface area contributed by atoms with Gasteiger partial charge in [-0.05, 0) is 92.4 Å². The van der Waals surface area contributed by atoms with Crippen molar-refractivity contribution in [3.63, 3.8) is 0 Å². The first-order chi connectivity index (χ1) is 13.5. The number of halogens is 1. The van der Waals surface area contributed by atoms with Crippen LogP contribution in [0.3, 0.4) is 0 Å². The molecule has 29 heavy (non-hydrogen) atoms. The van der Waals surface area contributed by atoms with Gasteiger partial charge >= 0.3 is 0 Å². The van der Waals surface area contributed by atoms with Crippen LogP contribution in [0.2, 0.25) is 0 Å². The Bertz CT molecular complexity index is 817. The maximum atomic E-state index is 6.02. The molecule has 2 N–H and O–H groups in total. The fourth-order valence-electron chi connectivity index (χ4n) is 4.27. The molecule has 1 fully saturated rings. The van der Waals surface area contributed by atoms with Crippen LogP contribution >= 0.6 is 27.9 Å². The summed E-state index contributed by atoms with van der Waals surface area (Å²) in [6.45, 7) is 14.9. The van der Waals surface area contributed by atoms with Gasteiger partial charge in [-0.15, -0.1) is 0 Å². The summed E-state index contributed by atoms with van der Waals surface area (Å²) in [6, 6.07) is 9.44. The van der Waals surface area contributed by atoms with Gasteiger partial charge in [0, 0.05) is 6.54 Å². The van der Waals surface area contributed by atoms with Crippen LogP contribution < -0.4 is 5.14 Å². The van der Waals surface area contributed by atoms with Gasteiger partial charge in [0.05, 0.1) is 10.6 Å². The first-order valence-electron chi connectivity index (χ1n) is 10.9. The zero-order valence-corrected chi connectivity index (χ0v) is 21.3. The highest BCUT2D eigenvalue weighted by Gasteiger charge is 2.24. The fourth-order valence-corrected chi connectivity index (χ4v) is 5.39. The molecule has 2 aromatic rings. The van der Waals surface area contributed by atoms with Crippen LogP contribution in [0.25, 0.3) is 11.3 Å². The highest BCUT2D eigenvalue weighted by Crippen LogP contribution is 2.39. The molecule has 0 aliphatic heterocycles. The Hall–Kier alpha value is -0.710. The molecule has 0 spiro atoms. The predicted molar refractivity (Wildman–Crippen MR) is 132 cm³/mol. The lowest BCUT2D eigenvalue weighted by Crippen LogP contribution is -2.17. The number of hydrogen-bond acceptors (Lipinski definition) is 2. The Balaban J connectivity index is 2.13. The van der Waals surface area contributed by atoms with Crippen LogP contribution in [0.15, 0.2) is 33.8 Å². The van der Waals surface area contributed by atoms with Gasteiger partial charge in [-0.2, -0.15) is 0 Å². The molecule has 1 aliphatic carbocycles. The maximum Gasteiger partial charge on any atom is 0.100 e. The molecule has 1 aliphatic rings. The number of nitrogens with zero attached hydrogens (tertiary/aromatic N) is 1. The minimum Gasteiger partial charge on any atom is -0.334 e. The Labute approximate surface area is 190 Å². The van der Waals surface area contributed by atoms with Crippen LogP contribution in [-0.2, 0) is 17.4 Å². The average molecular weight is 478 g/mol. The quantitative estimate of drug-likeness (QED) is 0.452. The largest absolute Gasteiger partial charge is 0.334 e. The second-order valence-electron chi connectivity index (χ2n) is 10.7. The summed E-state index contributed by atoms with van der Waals surface area (Å²) >= 11 is 5.20. The molecule has 160 valence electrons. The van der Waals surface area contributed by atoms with Gasteiger partial charge in [-0.3, -0.25) is 5.14 Å². The first kappa shape index (κ1) is 23.0. The number of aromatic nitrogens is 1. The standard InChI is InChI=1S/C25H37BrN2S/c1-24(2,3)19-12-18(13-20(14-19)25(4,5)6)21-15-22(29-27)23(26)28(21)16-17-10-8-7-9-11-17/h12-15,17H,7-11,16,27H2,1-6H3. The molecule has 0 unspecified atom stereocenters. The summed E-state index contributed by atoms with van der Waals surface area (Å²) in [5, 5.41) is 6.02. The van der Waals surface area contributed by atoms with Gasteiger partial charge in [0.2, 0.25) is 0 Å². The zero-order valence-electron chi connectivity index (χ0n) is 18.9. The summed E-state index contributed by atoms with van der Waals surface area (Å²) in [4.78, 5) is 1.12. The van der Waals surface area contributed by atoms with Crippen LogP contribution in [0, 0.1) is 5.92 Å². The van der Waals surface area contributed by atoms with E-state index in [9.17, 15) is 0 Å². The molecule has 1 heterocycles. The van der Waals surface area contributed by atoms with Crippen molar-refractivity contribution >= 4 is 27.9 Å². The molecule has 0 atom stereocenters. The molecular weight excluding hydrogens is 440 g/mol. The lowest BCUT2D eigenvalue weighted by atomic mass is 9.79. The second-order valence-corrected chi connectivity index (χ2v) is 12.1. The molecule has 0 bridgehead atoms. The summed E-state index contributed by atoms with van der Waals surface area (Å²) in [5.74, 6) is 0.759. The number of benzene rings is 1. The van der Waals surface area contributed by atoms with Crippen molar-refractivity contribution in [1.29, 1.82) is 0 Å². The lowest BCUT2D eigenvalue weighted by molar-refractivity contribution is 0.318. The van der Waals surface area contributed by atoms with E-state index in [1.54, 1.807) is 0 Å². The SMILES string of the molecule is CC(C)(C)c1cc(-c2cc(SN)c(Br)n2CC2CCCCC2)cc(C(C)(C)C)c1. The predicted octanol–water partition coefficient (Wildman–Crippen LogP) is 8.06. The van der Waals surface area contributed by atoms with Crippen LogP contribution in [0.4, 0.5) is 0 Å². The highest BCUT2D eigenvalue weighted by molar-refractivity contribution is 9.10. The summed E-state index contributed by atoms with van der Waals surface area (Å²) < 4.78 is 3.60. The molecule has 4 heteroatoms. The molecular formula is C25H37BrN2S. The van der Waals surface area contributed by atoms with Crippen molar-refractivity contribution in [2.24, 2.45) is 11.1 Å². The van der Waals surface area contributed by atoms with Crippen molar-refractivity contribution in [2.75, 3.05) is 0 Å². The molecule has 1 saturated carbocycles. The van der Waals surface area contributed by atoms with E-state index in [0.29, 0.717) is 0 Å². The van der Waals surface area contributed by atoms with Crippen LogP contribution in [-0.4, -0.2) is 4.57 Å². The van der Waals surface area contributed by atoms with Crippen molar-refractivity contribution < 1.29 is 0 Å². The molecule has 0 saturated heterocycles. The van der Waals surface area contributed by atoms with E-state index in [0.717, 1.165) is 22.0 Å². The molecule has 0 radical (unpaired) electrons. The monoisotopic (exact) mass is 476 g/mol. The minimum atomic E-state index is 0.111. The Morgan fingerprint density at radius 2 is 1.48 bits per heavy atom. The summed E-state index contributed by atoms with van der Waals surface area (Å²) in [7, 11) is 0. The third kappa shape index (κ3) is 5.32. The van der Waals surface area contributed by atoms with Crippen molar-refractivity contribution in [2.45, 2.75) is 95.9 Å².